The molecule has 0 bridgehead atoms. The number of benzene rings is 3. The normalized spacial score (nSPS) is 20.1. The number of carbonyl (C=O) groups excluding carboxylic acids is 3. The van der Waals surface area contributed by atoms with Crippen LogP contribution in [0.2, 0.25) is 0 Å². The summed E-state index contributed by atoms with van der Waals surface area (Å²) < 4.78 is 41.2. The van der Waals surface area contributed by atoms with Gasteiger partial charge in [0.2, 0.25) is 11.8 Å². The standard InChI is InChI=1S/C41H45N5O9S/c1-3-27-24-41(27,40(51)46-56(52,53)36-16-12-11-15-31(36)44-37(47)17-9-4-5-10-18-38(48)49)45-39(50)34-22-29(25-42-34)55-35-23-32(26-13-7-6-8-14-26)43-33-21-28(54-2)19-20-30(33)35/h3,6-8,11-16,19-21,23,27,29,34,42H,1,4-5,9-10,17-18,22,24-25H2,2H3,(H,44,47)(H,45,50)(H,46,51)(H,48,49). The summed E-state index contributed by atoms with van der Waals surface area (Å²) in [5, 5.41) is 18.1. The van der Waals surface area contributed by atoms with Gasteiger partial charge in [0.1, 0.15) is 28.0 Å². The summed E-state index contributed by atoms with van der Waals surface area (Å²) in [5.74, 6) is -1.98. The minimum Gasteiger partial charge on any atom is -0.497 e. The highest BCUT2D eigenvalue weighted by Gasteiger charge is 2.61. The average Bonchev–Trinajstić information content (AvgIpc) is 3.71. The Morgan fingerprint density at radius 1 is 0.982 bits per heavy atom. The molecule has 294 valence electrons. The number of unbranched alkanes of at least 4 members (excludes halogenated alkanes) is 3. The highest BCUT2D eigenvalue weighted by Crippen LogP contribution is 2.45. The van der Waals surface area contributed by atoms with Crippen LogP contribution in [-0.2, 0) is 29.2 Å². The third-order valence-electron chi connectivity index (χ3n) is 10.0. The maximum Gasteiger partial charge on any atom is 0.303 e. The highest BCUT2D eigenvalue weighted by atomic mass is 32.2. The lowest BCUT2D eigenvalue weighted by Gasteiger charge is -2.21. The van der Waals surface area contributed by atoms with Gasteiger partial charge in [-0.25, -0.2) is 18.1 Å². The SMILES string of the molecule is C=CC1CC1(NC(=O)C1CC(Oc2cc(-c3ccccc3)nc3cc(OC)ccc23)CN1)C(=O)NS(=O)(=O)c1ccccc1NC(=O)CCCCCCC(=O)O. The van der Waals surface area contributed by atoms with Crippen molar-refractivity contribution in [1.29, 1.82) is 0 Å². The van der Waals surface area contributed by atoms with E-state index in [-0.39, 0.29) is 36.3 Å². The number of nitrogens with zero attached hydrogens (tertiary/aromatic N) is 1. The Labute approximate surface area is 325 Å². The van der Waals surface area contributed by atoms with E-state index in [2.05, 4.69) is 27.3 Å². The van der Waals surface area contributed by atoms with Crippen LogP contribution in [0.4, 0.5) is 5.69 Å². The monoisotopic (exact) mass is 783 g/mol. The molecule has 1 aliphatic carbocycles. The zero-order valence-electron chi connectivity index (χ0n) is 31.0. The van der Waals surface area contributed by atoms with Crippen LogP contribution >= 0.6 is 0 Å². The second kappa shape index (κ2) is 17.3. The lowest BCUT2D eigenvalue weighted by molar-refractivity contribution is -0.137. The molecule has 3 amide bonds. The molecule has 1 aromatic heterocycles. The number of fused-ring (bicyclic) bond motifs is 1. The summed E-state index contributed by atoms with van der Waals surface area (Å²) in [7, 11) is -2.91. The van der Waals surface area contributed by atoms with E-state index in [1.54, 1.807) is 13.2 Å². The molecular formula is C41H45N5O9S. The second-order valence-electron chi connectivity index (χ2n) is 14.0. The Kier molecular flexibility index (Phi) is 12.3. The van der Waals surface area contributed by atoms with Gasteiger partial charge in [-0.15, -0.1) is 6.58 Å². The van der Waals surface area contributed by atoms with E-state index in [9.17, 15) is 27.6 Å². The largest absolute Gasteiger partial charge is 0.497 e. The van der Waals surface area contributed by atoms with Gasteiger partial charge in [0.25, 0.3) is 15.9 Å². The first kappa shape index (κ1) is 39.9. The van der Waals surface area contributed by atoms with Gasteiger partial charge in [-0.1, -0.05) is 61.4 Å². The van der Waals surface area contributed by atoms with Crippen molar-refractivity contribution in [2.24, 2.45) is 5.92 Å². The number of hydrogen-bond donors (Lipinski definition) is 5. The van der Waals surface area contributed by atoms with Crippen molar-refractivity contribution >= 4 is 50.3 Å². The van der Waals surface area contributed by atoms with Gasteiger partial charge >= 0.3 is 5.97 Å². The molecule has 15 heteroatoms. The third-order valence-corrected chi connectivity index (χ3v) is 11.4. The quantitative estimate of drug-likeness (QED) is 0.0675. The van der Waals surface area contributed by atoms with Crippen LogP contribution in [0.3, 0.4) is 0 Å². The Bertz CT molecular complexity index is 2230. The van der Waals surface area contributed by atoms with Crippen LogP contribution in [0, 0.1) is 5.92 Å². The van der Waals surface area contributed by atoms with Crippen LogP contribution < -0.4 is 30.1 Å². The molecule has 0 spiro atoms. The van der Waals surface area contributed by atoms with Crippen molar-refractivity contribution in [3.05, 3.63) is 91.5 Å². The average molecular weight is 784 g/mol. The number of aliphatic carboxylic acids is 1. The van der Waals surface area contributed by atoms with Crippen LogP contribution in [0.1, 0.15) is 51.4 Å². The van der Waals surface area contributed by atoms with Gasteiger partial charge in [0, 0.05) is 54.8 Å². The molecule has 2 aliphatic rings. The number of aromatic nitrogens is 1. The molecule has 4 unspecified atom stereocenters. The van der Waals surface area contributed by atoms with Crippen molar-refractivity contribution in [3.63, 3.8) is 0 Å². The third kappa shape index (κ3) is 9.34. The maximum atomic E-state index is 13.7. The van der Waals surface area contributed by atoms with Gasteiger partial charge in [-0.2, -0.15) is 0 Å². The molecular weight excluding hydrogens is 739 g/mol. The molecule has 1 saturated heterocycles. The number of carboxylic acid groups (broad SMARTS) is 1. The first-order chi connectivity index (χ1) is 26.9. The van der Waals surface area contributed by atoms with Gasteiger partial charge in [-0.05, 0) is 43.5 Å². The summed E-state index contributed by atoms with van der Waals surface area (Å²) in [6.45, 7) is 4.11. The number of para-hydroxylation sites is 1. The molecule has 4 aromatic rings. The molecule has 5 N–H and O–H groups in total. The van der Waals surface area contributed by atoms with E-state index in [1.165, 1.54) is 24.3 Å². The highest BCUT2D eigenvalue weighted by molar-refractivity contribution is 7.90. The molecule has 2 heterocycles. The topological polar surface area (TPSA) is 202 Å². The van der Waals surface area contributed by atoms with E-state index < -0.39 is 57.3 Å². The van der Waals surface area contributed by atoms with E-state index in [1.807, 2.05) is 54.6 Å². The Balaban J connectivity index is 1.09. The van der Waals surface area contributed by atoms with Gasteiger partial charge in [-0.3, -0.25) is 19.2 Å². The molecule has 3 aromatic carbocycles. The summed E-state index contributed by atoms with van der Waals surface area (Å²) in [6, 6.07) is 22.1. The fourth-order valence-electron chi connectivity index (χ4n) is 6.87. The molecule has 14 nitrogen and oxygen atoms in total. The number of hydrogen-bond acceptors (Lipinski definition) is 10. The number of carboxylic acids is 1. The lowest BCUT2D eigenvalue weighted by atomic mass is 10.1. The number of nitrogens with one attached hydrogen (secondary N) is 4. The molecule has 56 heavy (non-hydrogen) atoms. The van der Waals surface area contributed by atoms with E-state index in [4.69, 9.17) is 19.6 Å². The molecule has 2 fully saturated rings. The zero-order chi connectivity index (χ0) is 39.9. The van der Waals surface area contributed by atoms with E-state index in [0.717, 1.165) is 10.9 Å². The first-order valence-electron chi connectivity index (χ1n) is 18.5. The number of anilines is 1. The van der Waals surface area contributed by atoms with Crippen molar-refractivity contribution in [2.75, 3.05) is 19.0 Å². The minimum absolute atomic E-state index is 0.00368. The predicted octanol–water partition coefficient (Wildman–Crippen LogP) is 4.95. The van der Waals surface area contributed by atoms with Gasteiger partial charge < -0.3 is 30.5 Å². The number of ether oxygens (including phenoxy) is 2. The number of sulfonamides is 1. The number of carbonyl (C=O) groups is 4. The van der Waals surface area contributed by atoms with Crippen LogP contribution in [0.5, 0.6) is 11.5 Å². The smallest absolute Gasteiger partial charge is 0.303 e. The molecule has 6 rings (SSSR count). The maximum absolute atomic E-state index is 13.7. The van der Waals surface area contributed by atoms with Gasteiger partial charge in [0.05, 0.1) is 30.0 Å². The summed E-state index contributed by atoms with van der Waals surface area (Å²) >= 11 is 0. The van der Waals surface area contributed by atoms with Crippen molar-refractivity contribution in [2.45, 2.75) is 73.9 Å². The van der Waals surface area contributed by atoms with Crippen molar-refractivity contribution in [3.8, 4) is 22.8 Å². The van der Waals surface area contributed by atoms with Crippen molar-refractivity contribution in [1.82, 2.24) is 20.3 Å². The summed E-state index contributed by atoms with van der Waals surface area (Å²) in [5.41, 5.74) is 0.745. The lowest BCUT2D eigenvalue weighted by Crippen LogP contribution is -2.55. The molecule has 0 radical (unpaired) electrons. The number of rotatable bonds is 18. The number of amides is 3. The minimum atomic E-state index is -4.50. The van der Waals surface area contributed by atoms with Crippen LogP contribution in [0.25, 0.3) is 22.2 Å². The van der Waals surface area contributed by atoms with Crippen LogP contribution in [0.15, 0.2) is 96.4 Å². The molecule has 1 saturated carbocycles. The Hall–Kier alpha value is -5.80. The fraction of sp³-hybridized carbons (Fsp3) is 0.341. The molecule has 4 atom stereocenters. The van der Waals surface area contributed by atoms with Crippen LogP contribution in [-0.4, -0.2) is 73.5 Å². The summed E-state index contributed by atoms with van der Waals surface area (Å²) in [6.07, 6.45) is 3.99. The molecule has 1 aliphatic heterocycles. The Morgan fingerprint density at radius 3 is 2.43 bits per heavy atom. The zero-order valence-corrected chi connectivity index (χ0v) is 31.8. The number of pyridine rings is 1. The fourth-order valence-corrected chi connectivity index (χ4v) is 8.07. The first-order valence-corrected chi connectivity index (χ1v) is 20.0. The Morgan fingerprint density at radius 2 is 1.71 bits per heavy atom. The van der Waals surface area contributed by atoms with Crippen molar-refractivity contribution < 1.29 is 42.2 Å². The van der Waals surface area contributed by atoms with E-state index in [0.29, 0.717) is 54.9 Å². The van der Waals surface area contributed by atoms with E-state index >= 15 is 0 Å². The predicted molar refractivity (Wildman–Crippen MR) is 209 cm³/mol. The number of methoxy groups -OCH3 is 1. The van der Waals surface area contributed by atoms with Gasteiger partial charge in [0.15, 0.2) is 0 Å². The second-order valence-corrected chi connectivity index (χ2v) is 15.6. The summed E-state index contributed by atoms with van der Waals surface area (Å²) in [4.78, 5) is 55.3.